The van der Waals surface area contributed by atoms with Gasteiger partial charge in [0, 0.05) is 5.69 Å². The number of hydrogen-bond acceptors (Lipinski definition) is 5. The average Bonchev–Trinajstić information content (AvgIpc) is 2.91. The van der Waals surface area contributed by atoms with Crippen LogP contribution in [-0.2, 0) is 11.3 Å². The molecule has 1 amide bonds. The van der Waals surface area contributed by atoms with Gasteiger partial charge in [0.05, 0.1) is 13.2 Å². The van der Waals surface area contributed by atoms with E-state index in [-0.39, 0.29) is 13.2 Å². The minimum absolute atomic E-state index is 0.0176. The molecule has 2 aromatic rings. The standard InChI is InChI=1S/C12H14N4O3/c17-5-6-19-12(18)15-11-3-1-10(2-4-11)7-16-9-13-8-14-16/h1-4,8-9,17H,5-7H2,(H,15,18). The van der Waals surface area contributed by atoms with E-state index < -0.39 is 6.09 Å². The molecular formula is C12H14N4O3. The lowest BCUT2D eigenvalue weighted by molar-refractivity contribution is 0.131. The Kier molecular flexibility index (Phi) is 4.46. The molecule has 7 nitrogen and oxygen atoms in total. The van der Waals surface area contributed by atoms with Gasteiger partial charge in [0.25, 0.3) is 0 Å². The molecule has 100 valence electrons. The fourth-order valence-corrected chi connectivity index (χ4v) is 1.49. The van der Waals surface area contributed by atoms with E-state index in [0.29, 0.717) is 12.2 Å². The Morgan fingerprint density at radius 2 is 2.16 bits per heavy atom. The first-order valence-electron chi connectivity index (χ1n) is 5.74. The van der Waals surface area contributed by atoms with Gasteiger partial charge in [-0.25, -0.2) is 14.5 Å². The minimum Gasteiger partial charge on any atom is -0.447 e. The Morgan fingerprint density at radius 1 is 1.37 bits per heavy atom. The summed E-state index contributed by atoms with van der Waals surface area (Å²) in [5.74, 6) is 0. The Labute approximate surface area is 109 Å². The van der Waals surface area contributed by atoms with Gasteiger partial charge in [-0.3, -0.25) is 5.32 Å². The highest BCUT2D eigenvalue weighted by atomic mass is 16.6. The number of amides is 1. The predicted molar refractivity (Wildman–Crippen MR) is 67.6 cm³/mol. The molecule has 0 saturated carbocycles. The van der Waals surface area contributed by atoms with Gasteiger partial charge in [-0.1, -0.05) is 12.1 Å². The number of nitrogens with zero attached hydrogens (tertiary/aromatic N) is 3. The zero-order chi connectivity index (χ0) is 13.5. The van der Waals surface area contributed by atoms with Crippen LogP contribution in [0.2, 0.25) is 0 Å². The fourth-order valence-electron chi connectivity index (χ4n) is 1.49. The lowest BCUT2D eigenvalue weighted by Gasteiger charge is -2.07. The van der Waals surface area contributed by atoms with Crippen LogP contribution >= 0.6 is 0 Å². The van der Waals surface area contributed by atoms with Crippen LogP contribution < -0.4 is 5.32 Å². The van der Waals surface area contributed by atoms with Crippen LogP contribution in [0.15, 0.2) is 36.9 Å². The van der Waals surface area contributed by atoms with E-state index in [1.807, 2.05) is 12.1 Å². The van der Waals surface area contributed by atoms with Crippen LogP contribution in [0.4, 0.5) is 10.5 Å². The van der Waals surface area contributed by atoms with Crippen molar-refractivity contribution in [3.8, 4) is 0 Å². The van der Waals surface area contributed by atoms with E-state index in [4.69, 9.17) is 5.11 Å². The largest absolute Gasteiger partial charge is 0.447 e. The summed E-state index contributed by atoms with van der Waals surface area (Å²) < 4.78 is 6.39. The molecule has 19 heavy (non-hydrogen) atoms. The van der Waals surface area contributed by atoms with Gasteiger partial charge in [0.15, 0.2) is 0 Å². The van der Waals surface area contributed by atoms with Crippen LogP contribution in [0.1, 0.15) is 5.56 Å². The third-order valence-corrected chi connectivity index (χ3v) is 2.34. The minimum atomic E-state index is -0.585. The van der Waals surface area contributed by atoms with Crippen LogP contribution in [0, 0.1) is 0 Å². The van der Waals surface area contributed by atoms with Crippen LogP contribution in [0.5, 0.6) is 0 Å². The molecular weight excluding hydrogens is 248 g/mol. The summed E-state index contributed by atoms with van der Waals surface area (Å²) in [6.07, 6.45) is 2.53. The highest BCUT2D eigenvalue weighted by Gasteiger charge is 2.02. The smallest absolute Gasteiger partial charge is 0.411 e. The summed E-state index contributed by atoms with van der Waals surface area (Å²) >= 11 is 0. The molecule has 0 spiro atoms. The molecule has 7 heteroatoms. The van der Waals surface area contributed by atoms with Crippen LogP contribution in [0.25, 0.3) is 0 Å². The van der Waals surface area contributed by atoms with Gasteiger partial charge in [-0.2, -0.15) is 5.10 Å². The van der Waals surface area contributed by atoms with E-state index in [9.17, 15) is 4.79 Å². The molecule has 0 unspecified atom stereocenters. The number of aromatic nitrogens is 3. The highest BCUT2D eigenvalue weighted by Crippen LogP contribution is 2.10. The molecule has 0 saturated heterocycles. The van der Waals surface area contributed by atoms with Gasteiger partial charge < -0.3 is 9.84 Å². The van der Waals surface area contributed by atoms with Crippen molar-refractivity contribution in [1.82, 2.24) is 14.8 Å². The number of carbonyl (C=O) groups is 1. The first-order valence-corrected chi connectivity index (χ1v) is 5.74. The zero-order valence-electron chi connectivity index (χ0n) is 10.2. The second-order valence-corrected chi connectivity index (χ2v) is 3.77. The van der Waals surface area contributed by atoms with Crippen LogP contribution in [0.3, 0.4) is 0 Å². The molecule has 1 aromatic heterocycles. The first-order chi connectivity index (χ1) is 9.28. The summed E-state index contributed by atoms with van der Waals surface area (Å²) in [5.41, 5.74) is 1.67. The molecule has 2 rings (SSSR count). The van der Waals surface area contributed by atoms with E-state index in [0.717, 1.165) is 5.56 Å². The van der Waals surface area contributed by atoms with E-state index >= 15 is 0 Å². The molecule has 0 aliphatic carbocycles. The second kappa shape index (κ2) is 6.50. The summed E-state index contributed by atoms with van der Waals surface area (Å²) in [6, 6.07) is 7.30. The van der Waals surface area contributed by atoms with Gasteiger partial charge >= 0.3 is 6.09 Å². The molecule has 1 heterocycles. The maximum Gasteiger partial charge on any atom is 0.411 e. The topological polar surface area (TPSA) is 89.3 Å². The van der Waals surface area contributed by atoms with Gasteiger partial charge in [0.1, 0.15) is 19.3 Å². The normalized spacial score (nSPS) is 10.2. The fraction of sp³-hybridized carbons (Fsp3) is 0.250. The Balaban J connectivity index is 1.89. The Morgan fingerprint density at radius 3 is 2.79 bits per heavy atom. The van der Waals surface area contributed by atoms with Crippen molar-refractivity contribution in [2.45, 2.75) is 6.54 Å². The molecule has 0 aliphatic rings. The SMILES string of the molecule is O=C(Nc1ccc(Cn2cncn2)cc1)OCCO. The monoisotopic (exact) mass is 262 g/mol. The van der Waals surface area contributed by atoms with Crippen molar-refractivity contribution >= 4 is 11.8 Å². The quantitative estimate of drug-likeness (QED) is 0.834. The number of nitrogens with one attached hydrogen (secondary N) is 1. The second-order valence-electron chi connectivity index (χ2n) is 3.77. The Hall–Kier alpha value is -2.41. The predicted octanol–water partition coefficient (Wildman–Crippen LogP) is 0.867. The van der Waals surface area contributed by atoms with Crippen molar-refractivity contribution in [3.05, 3.63) is 42.5 Å². The van der Waals surface area contributed by atoms with E-state index in [2.05, 4.69) is 20.1 Å². The Bertz CT molecular complexity index is 510. The first kappa shape index (κ1) is 13.0. The number of rotatable bonds is 5. The van der Waals surface area contributed by atoms with Crippen LogP contribution in [-0.4, -0.2) is 39.2 Å². The summed E-state index contributed by atoms with van der Waals surface area (Å²) in [5, 5.41) is 15.1. The lowest BCUT2D eigenvalue weighted by atomic mass is 10.2. The zero-order valence-corrected chi connectivity index (χ0v) is 10.2. The third kappa shape index (κ3) is 4.07. The van der Waals surface area contributed by atoms with Gasteiger partial charge in [0.2, 0.25) is 0 Å². The molecule has 0 bridgehead atoms. The number of hydrogen-bond donors (Lipinski definition) is 2. The number of carbonyl (C=O) groups excluding carboxylic acids is 1. The summed E-state index contributed by atoms with van der Waals surface area (Å²) in [7, 11) is 0. The van der Waals surface area contributed by atoms with Crippen molar-refractivity contribution in [2.24, 2.45) is 0 Å². The maximum atomic E-state index is 11.2. The molecule has 0 fully saturated rings. The lowest BCUT2D eigenvalue weighted by Crippen LogP contribution is -2.15. The molecule has 0 radical (unpaired) electrons. The van der Waals surface area contributed by atoms with Crippen molar-refractivity contribution in [2.75, 3.05) is 18.5 Å². The summed E-state index contributed by atoms with van der Waals surface area (Å²) in [6.45, 7) is 0.412. The van der Waals surface area contributed by atoms with E-state index in [1.165, 1.54) is 6.33 Å². The number of benzene rings is 1. The molecule has 0 atom stereocenters. The third-order valence-electron chi connectivity index (χ3n) is 2.34. The average molecular weight is 262 g/mol. The van der Waals surface area contributed by atoms with E-state index in [1.54, 1.807) is 23.1 Å². The highest BCUT2D eigenvalue weighted by molar-refractivity contribution is 5.84. The molecule has 0 aliphatic heterocycles. The van der Waals surface area contributed by atoms with Crippen molar-refractivity contribution in [3.63, 3.8) is 0 Å². The van der Waals surface area contributed by atoms with Crippen molar-refractivity contribution < 1.29 is 14.6 Å². The number of aliphatic hydroxyl groups is 1. The summed E-state index contributed by atoms with van der Waals surface area (Å²) in [4.78, 5) is 15.1. The number of ether oxygens (including phenoxy) is 1. The molecule has 1 aromatic carbocycles. The van der Waals surface area contributed by atoms with Gasteiger partial charge in [-0.15, -0.1) is 0 Å². The number of aliphatic hydroxyl groups excluding tert-OH is 1. The van der Waals surface area contributed by atoms with Crippen molar-refractivity contribution in [1.29, 1.82) is 0 Å². The maximum absolute atomic E-state index is 11.2. The molecule has 2 N–H and O–H groups in total. The number of anilines is 1. The van der Waals surface area contributed by atoms with Gasteiger partial charge in [-0.05, 0) is 17.7 Å².